The number of carbonyl (C=O) groups excluding carboxylic acids is 1. The molecule has 0 saturated heterocycles. The number of nitrogens with zero attached hydrogens (tertiary/aromatic N) is 2. The van der Waals surface area contributed by atoms with Gasteiger partial charge in [-0.05, 0) is 13.0 Å². The van der Waals surface area contributed by atoms with Crippen LogP contribution < -0.4 is 24.0 Å². The summed E-state index contributed by atoms with van der Waals surface area (Å²) in [6, 6.07) is 1.42. The van der Waals surface area contributed by atoms with E-state index < -0.39 is 5.97 Å². The Morgan fingerprint density at radius 3 is 2.58 bits per heavy atom. The first-order valence-electron chi connectivity index (χ1n) is 2.82. The van der Waals surface area contributed by atoms with Crippen LogP contribution >= 0.6 is 11.6 Å². The second-order valence-electron chi connectivity index (χ2n) is 1.97. The Labute approximate surface area is 86.1 Å². The maximum Gasteiger partial charge on any atom is 1.00 e. The zero-order valence-electron chi connectivity index (χ0n) is 6.67. The molecule has 0 N–H and O–H groups in total. The number of halogens is 1. The third-order valence-electron chi connectivity index (χ3n) is 1.06. The van der Waals surface area contributed by atoms with Crippen molar-refractivity contribution >= 4 is 17.6 Å². The zero-order chi connectivity index (χ0) is 8.43. The fraction of sp³-hybridized carbons (Fsp3) is 0.167. The summed E-state index contributed by atoms with van der Waals surface area (Å²) in [5, 5.41) is 17.1. The molecule has 0 saturated carbocycles. The second kappa shape index (κ2) is 4.46. The Morgan fingerprint density at radius 1 is 1.58 bits per heavy atom. The summed E-state index contributed by atoms with van der Waals surface area (Å²) in [6.45, 7) is 1.66. The van der Waals surface area contributed by atoms with Crippen LogP contribution in [0.3, 0.4) is 0 Å². The smallest absolute Gasteiger partial charge is 0.543 e. The van der Waals surface area contributed by atoms with E-state index in [0.29, 0.717) is 5.69 Å². The van der Waals surface area contributed by atoms with Crippen LogP contribution in [0.5, 0.6) is 0 Å². The predicted molar refractivity (Wildman–Crippen MR) is 36.1 cm³/mol. The fourth-order valence-corrected chi connectivity index (χ4v) is 0.868. The van der Waals surface area contributed by atoms with E-state index in [1.807, 2.05) is 0 Å². The fourth-order valence-electron chi connectivity index (χ4n) is 0.596. The maximum absolute atomic E-state index is 10.2. The SMILES string of the molecule is Cc1cc(Cl)c(C(=O)[O-])nn1.[Li+]. The van der Waals surface area contributed by atoms with Crippen LogP contribution in [0.2, 0.25) is 5.02 Å². The van der Waals surface area contributed by atoms with Gasteiger partial charge in [0.15, 0.2) is 0 Å². The number of carbonyl (C=O) groups is 1. The molecular weight excluding hydrogens is 174 g/mol. The molecule has 0 bridgehead atoms. The van der Waals surface area contributed by atoms with Crippen LogP contribution in [0.25, 0.3) is 0 Å². The van der Waals surface area contributed by atoms with E-state index in [1.165, 1.54) is 6.07 Å². The van der Waals surface area contributed by atoms with Crippen molar-refractivity contribution in [2.75, 3.05) is 0 Å². The van der Waals surface area contributed by atoms with E-state index in [4.69, 9.17) is 11.6 Å². The topological polar surface area (TPSA) is 65.9 Å². The van der Waals surface area contributed by atoms with Gasteiger partial charge in [-0.15, -0.1) is 5.10 Å². The van der Waals surface area contributed by atoms with Crippen molar-refractivity contribution < 1.29 is 28.8 Å². The first-order chi connectivity index (χ1) is 5.11. The van der Waals surface area contributed by atoms with Crippen LogP contribution in [-0.4, -0.2) is 16.2 Å². The molecule has 0 atom stereocenters. The van der Waals surface area contributed by atoms with Crippen molar-refractivity contribution in [3.63, 3.8) is 0 Å². The third-order valence-corrected chi connectivity index (χ3v) is 1.35. The Morgan fingerprint density at radius 2 is 2.17 bits per heavy atom. The molecule has 0 fully saturated rings. The molecule has 6 heteroatoms. The molecule has 0 radical (unpaired) electrons. The van der Waals surface area contributed by atoms with Crippen molar-refractivity contribution in [3.8, 4) is 0 Å². The molecule has 0 unspecified atom stereocenters. The summed E-state index contributed by atoms with van der Waals surface area (Å²) in [5.41, 5.74) is 0.247. The molecule has 0 amide bonds. The molecule has 4 nitrogen and oxygen atoms in total. The Bertz CT molecular complexity index is 306. The number of carboxylic acid groups (broad SMARTS) is 1. The average molecular weight is 179 g/mol. The first kappa shape index (κ1) is 11.4. The van der Waals surface area contributed by atoms with Crippen LogP contribution in [0.1, 0.15) is 16.2 Å². The van der Waals surface area contributed by atoms with E-state index in [-0.39, 0.29) is 29.6 Å². The minimum atomic E-state index is -1.41. The predicted octanol–water partition coefficient (Wildman–Crippen LogP) is -3.19. The van der Waals surface area contributed by atoms with Gasteiger partial charge in [-0.1, -0.05) is 11.6 Å². The Balaban J connectivity index is 0.00000121. The van der Waals surface area contributed by atoms with Crippen LogP contribution in [0, 0.1) is 6.92 Å². The summed E-state index contributed by atoms with van der Waals surface area (Å²) < 4.78 is 0. The van der Waals surface area contributed by atoms with Gasteiger partial charge in [-0.2, -0.15) is 5.10 Å². The number of hydrogen-bond acceptors (Lipinski definition) is 4. The molecule has 0 spiro atoms. The number of carboxylic acids is 1. The second-order valence-corrected chi connectivity index (χ2v) is 2.38. The number of hydrogen-bond donors (Lipinski definition) is 0. The normalized spacial score (nSPS) is 8.83. The van der Waals surface area contributed by atoms with Gasteiger partial charge in [0.2, 0.25) is 0 Å². The molecule has 1 aromatic heterocycles. The molecule has 0 aliphatic rings. The molecule has 0 aliphatic heterocycles. The monoisotopic (exact) mass is 178 g/mol. The molecular formula is C6H4ClLiN2O2. The summed E-state index contributed by atoms with van der Waals surface area (Å²) in [4.78, 5) is 10.2. The van der Waals surface area contributed by atoms with Crippen LogP contribution in [0.4, 0.5) is 0 Å². The standard InChI is InChI=1S/C6H5ClN2O2.Li/c1-3-2-4(7)5(6(10)11)9-8-3;/h2H,1H3,(H,10,11);/q;+1/p-1. The first-order valence-corrected chi connectivity index (χ1v) is 3.20. The summed E-state index contributed by atoms with van der Waals surface area (Å²) in [5.74, 6) is -1.41. The van der Waals surface area contributed by atoms with E-state index >= 15 is 0 Å². The molecule has 0 aliphatic carbocycles. The largest absolute Gasteiger partial charge is 1.00 e. The summed E-state index contributed by atoms with van der Waals surface area (Å²) in [7, 11) is 0. The van der Waals surface area contributed by atoms with E-state index in [9.17, 15) is 9.90 Å². The van der Waals surface area contributed by atoms with Gasteiger partial charge < -0.3 is 9.90 Å². The zero-order valence-corrected chi connectivity index (χ0v) is 7.42. The number of aromatic carboxylic acids is 1. The van der Waals surface area contributed by atoms with Crippen molar-refractivity contribution in [1.82, 2.24) is 10.2 Å². The van der Waals surface area contributed by atoms with E-state index in [2.05, 4.69) is 10.2 Å². The molecule has 1 heterocycles. The number of rotatable bonds is 1. The van der Waals surface area contributed by atoms with Crippen LogP contribution in [0.15, 0.2) is 6.07 Å². The van der Waals surface area contributed by atoms with Gasteiger partial charge in [0.05, 0.1) is 16.7 Å². The van der Waals surface area contributed by atoms with Gasteiger partial charge in [-0.3, -0.25) is 0 Å². The minimum Gasteiger partial charge on any atom is -0.543 e. The van der Waals surface area contributed by atoms with E-state index in [1.54, 1.807) is 6.92 Å². The van der Waals surface area contributed by atoms with Gasteiger partial charge in [0.1, 0.15) is 5.69 Å². The number of aromatic nitrogens is 2. The minimum absolute atomic E-state index is 0. The van der Waals surface area contributed by atoms with Gasteiger partial charge in [0.25, 0.3) is 0 Å². The van der Waals surface area contributed by atoms with Crippen molar-refractivity contribution in [2.45, 2.75) is 6.92 Å². The van der Waals surface area contributed by atoms with Crippen molar-refractivity contribution in [2.24, 2.45) is 0 Å². The van der Waals surface area contributed by atoms with Crippen molar-refractivity contribution in [1.29, 1.82) is 0 Å². The van der Waals surface area contributed by atoms with Gasteiger partial charge >= 0.3 is 18.9 Å². The van der Waals surface area contributed by atoms with E-state index in [0.717, 1.165) is 0 Å². The maximum atomic E-state index is 10.2. The summed E-state index contributed by atoms with van der Waals surface area (Å²) >= 11 is 5.50. The summed E-state index contributed by atoms with van der Waals surface area (Å²) in [6.07, 6.45) is 0. The molecule has 12 heavy (non-hydrogen) atoms. The van der Waals surface area contributed by atoms with Crippen molar-refractivity contribution in [3.05, 3.63) is 22.5 Å². The Hall–Kier alpha value is -0.563. The van der Waals surface area contributed by atoms with Crippen LogP contribution in [-0.2, 0) is 0 Å². The molecule has 1 rings (SSSR count). The third kappa shape index (κ3) is 2.49. The average Bonchev–Trinajstić information content (AvgIpc) is 1.85. The quantitative estimate of drug-likeness (QED) is 0.425. The molecule has 58 valence electrons. The number of aryl methyl sites for hydroxylation is 1. The molecule has 1 aromatic rings. The van der Waals surface area contributed by atoms with Gasteiger partial charge in [0, 0.05) is 0 Å². The Kier molecular flexibility index (Phi) is 4.25. The van der Waals surface area contributed by atoms with Gasteiger partial charge in [-0.25, -0.2) is 0 Å². The molecule has 0 aromatic carbocycles.